The Morgan fingerprint density at radius 1 is 0.824 bits per heavy atom. The Kier molecular flexibility index (Phi) is 15.3. The number of nitrogens with one attached hydrogen (secondary N) is 2. The molecule has 0 radical (unpaired) electrons. The monoisotopic (exact) mass is 987 g/mol. The number of rotatable bonds is 18. The van der Waals surface area contributed by atoms with Crippen molar-refractivity contribution in [3.63, 3.8) is 0 Å². The zero-order chi connectivity index (χ0) is 47.1. The highest BCUT2D eigenvalue weighted by atomic mass is 35.5. The van der Waals surface area contributed by atoms with Crippen LogP contribution in [0.15, 0.2) is 109 Å². The number of aromatic amines is 1. The number of piperidine rings is 3. The fourth-order valence-corrected chi connectivity index (χ4v) is 10.7. The number of aromatic nitrogens is 1. The number of pyridine rings is 1. The van der Waals surface area contributed by atoms with Crippen molar-refractivity contribution >= 4 is 53.0 Å². The number of nitrogens with zero attached hydrogens (tertiary/aromatic N) is 2. The molecule has 4 aromatic carbocycles. The predicted octanol–water partition coefficient (Wildman–Crippen LogP) is 9.73. The van der Waals surface area contributed by atoms with Crippen LogP contribution < -0.4 is 24.5 Å². The lowest BCUT2D eigenvalue weighted by Crippen LogP contribution is -2.52. The summed E-state index contributed by atoms with van der Waals surface area (Å²) in [5.41, 5.74) is 3.64. The van der Waals surface area contributed by atoms with E-state index in [2.05, 4.69) is 15.2 Å². The molecule has 2 bridgehead atoms. The maximum atomic E-state index is 14.2. The molecule has 1 saturated carbocycles. The lowest BCUT2D eigenvalue weighted by Gasteiger charge is -2.43. The third kappa shape index (κ3) is 12.0. The molecule has 12 nitrogen and oxygen atoms in total. The van der Waals surface area contributed by atoms with E-state index in [1.54, 1.807) is 60.9 Å². The first-order valence-electron chi connectivity index (χ1n) is 22.8. The lowest BCUT2D eigenvalue weighted by atomic mass is 9.86. The van der Waals surface area contributed by atoms with E-state index >= 15 is 0 Å². The van der Waals surface area contributed by atoms with Crippen molar-refractivity contribution in [2.75, 3.05) is 38.5 Å². The maximum Gasteiger partial charge on any atom is 0.408 e. The zero-order valence-corrected chi connectivity index (χ0v) is 39.3. The topological polar surface area (TPSA) is 130 Å². The van der Waals surface area contributed by atoms with Crippen LogP contribution >= 0.6 is 35.0 Å². The number of carbonyl (C=O) groups excluding carboxylic acids is 3. The van der Waals surface area contributed by atoms with Gasteiger partial charge in [0.25, 0.3) is 0 Å². The van der Waals surface area contributed by atoms with Crippen molar-refractivity contribution in [2.24, 2.45) is 11.8 Å². The minimum atomic E-state index is -3.06. The van der Waals surface area contributed by atoms with Crippen LogP contribution in [-0.2, 0) is 27.2 Å². The van der Waals surface area contributed by atoms with Gasteiger partial charge in [0.2, 0.25) is 0 Å². The fraction of sp³-hybridized carbons (Fsp3) is 0.373. The van der Waals surface area contributed by atoms with Gasteiger partial charge < -0.3 is 29.0 Å². The van der Waals surface area contributed by atoms with Crippen molar-refractivity contribution in [2.45, 2.75) is 68.9 Å². The summed E-state index contributed by atoms with van der Waals surface area (Å²) in [6, 6.07) is 27.6. The molecule has 4 atom stereocenters. The Hall–Kier alpha value is -5.45. The van der Waals surface area contributed by atoms with Gasteiger partial charge in [-0.25, -0.2) is 19.4 Å². The van der Waals surface area contributed by atoms with E-state index in [0.717, 1.165) is 56.4 Å². The second-order valence-corrected chi connectivity index (χ2v) is 19.5. The average Bonchev–Trinajstić information content (AvgIpc) is 4.06. The summed E-state index contributed by atoms with van der Waals surface area (Å²) in [5, 5.41) is 3.02. The number of fused-ring (bicyclic) bond motifs is 3. The number of ether oxygens (including phenoxy) is 5. The van der Waals surface area contributed by atoms with Crippen molar-refractivity contribution in [1.29, 1.82) is 0 Å². The molecule has 5 aromatic rings. The molecule has 0 spiro atoms. The van der Waals surface area contributed by atoms with Gasteiger partial charge in [-0.15, -0.1) is 11.8 Å². The van der Waals surface area contributed by atoms with Gasteiger partial charge in [-0.1, -0.05) is 83.9 Å². The van der Waals surface area contributed by atoms with E-state index < -0.39 is 42.2 Å². The number of alkyl halides is 2. The van der Waals surface area contributed by atoms with E-state index in [9.17, 15) is 23.2 Å². The van der Waals surface area contributed by atoms with Crippen molar-refractivity contribution in [1.82, 2.24) is 15.1 Å². The summed E-state index contributed by atoms with van der Waals surface area (Å²) in [6.45, 7) is 0.970. The number of hydrogen-bond donors (Lipinski definition) is 1. The van der Waals surface area contributed by atoms with Crippen molar-refractivity contribution in [3.8, 4) is 17.2 Å². The summed E-state index contributed by atoms with van der Waals surface area (Å²) in [6.07, 6.45) is 5.64. The van der Waals surface area contributed by atoms with Crippen molar-refractivity contribution in [3.05, 3.63) is 153 Å². The molecular weight excluding hydrogens is 938 g/mol. The number of alkyl carbamates (subject to hydrolysis) is 1. The number of H-pyrrole nitrogens is 1. The van der Waals surface area contributed by atoms with Gasteiger partial charge in [0, 0.05) is 37.4 Å². The molecule has 2 N–H and O–H groups in total. The Balaban J connectivity index is 0.877. The SMILES string of the molecule is O=C(N[C@@H](c1ccccc1)c1cccc(OC(=O)c2cccc(CN3CCS[C@H]3C(=O)O[C@@H](Cc3c(Cl)c[nH+]cc3Cl)c3ccc(OC(F)F)c(OCC4CC4)c3)c2)c1)O[C@H]1CN2CCC1CC2. The number of amides is 1. The molecule has 68 heavy (non-hydrogen) atoms. The van der Waals surface area contributed by atoms with Gasteiger partial charge >= 0.3 is 24.6 Å². The molecule has 10 rings (SSSR count). The molecule has 5 heterocycles. The maximum absolute atomic E-state index is 14.2. The molecular formula is C51H51Cl2F2N4O8S+. The molecule has 5 fully saturated rings. The minimum absolute atomic E-state index is 0.0787. The van der Waals surface area contributed by atoms with Gasteiger partial charge in [-0.2, -0.15) is 8.78 Å². The zero-order valence-electron chi connectivity index (χ0n) is 37.0. The molecule has 1 aliphatic carbocycles. The summed E-state index contributed by atoms with van der Waals surface area (Å²) in [4.78, 5) is 48.5. The Bertz CT molecular complexity index is 2570. The first-order valence-corrected chi connectivity index (χ1v) is 24.6. The van der Waals surface area contributed by atoms with Crippen LogP contribution in [-0.4, -0.2) is 84.5 Å². The number of thioether (sulfide) groups is 1. The number of hydrogen-bond acceptors (Lipinski definition) is 11. The quantitative estimate of drug-likeness (QED) is 0.0666. The van der Waals surface area contributed by atoms with Crippen LogP contribution in [0.1, 0.15) is 76.0 Å². The number of benzene rings is 4. The third-order valence-corrected chi connectivity index (χ3v) is 14.7. The summed E-state index contributed by atoms with van der Waals surface area (Å²) in [5.74, 6) is 0.524. The normalized spacial score (nSPS) is 20.9. The van der Waals surface area contributed by atoms with Crippen LogP contribution in [0.2, 0.25) is 10.0 Å². The molecule has 0 unspecified atom stereocenters. The van der Waals surface area contributed by atoms with Crippen molar-refractivity contribution < 1.29 is 51.8 Å². The minimum Gasteiger partial charge on any atom is -0.489 e. The summed E-state index contributed by atoms with van der Waals surface area (Å²) >= 11 is 14.6. The summed E-state index contributed by atoms with van der Waals surface area (Å²) < 4.78 is 55.7. The fourth-order valence-electron chi connectivity index (χ4n) is 8.98. The smallest absolute Gasteiger partial charge is 0.408 e. The third-order valence-electron chi connectivity index (χ3n) is 12.8. The predicted molar refractivity (Wildman–Crippen MR) is 252 cm³/mol. The van der Waals surface area contributed by atoms with E-state index in [1.807, 2.05) is 47.4 Å². The first kappa shape index (κ1) is 47.6. The van der Waals surface area contributed by atoms with E-state index in [1.165, 1.54) is 17.8 Å². The van der Waals surface area contributed by atoms with E-state index in [0.29, 0.717) is 75.3 Å². The van der Waals surface area contributed by atoms with Crippen LogP contribution in [0.5, 0.6) is 17.2 Å². The second kappa shape index (κ2) is 21.9. The molecule has 1 aromatic heterocycles. The Labute approximate surface area is 407 Å². The van der Waals surface area contributed by atoms with Crippen LogP contribution in [0.4, 0.5) is 13.6 Å². The van der Waals surface area contributed by atoms with Gasteiger partial charge in [-0.3, -0.25) is 9.80 Å². The molecule has 5 aliphatic rings. The van der Waals surface area contributed by atoms with Gasteiger partial charge in [-0.05, 0) is 109 Å². The second-order valence-electron chi connectivity index (χ2n) is 17.5. The molecule has 4 saturated heterocycles. The number of carbonyl (C=O) groups is 3. The number of esters is 2. The van der Waals surface area contributed by atoms with Gasteiger partial charge in [0.05, 0.1) is 18.2 Å². The Morgan fingerprint density at radius 2 is 1.59 bits per heavy atom. The highest BCUT2D eigenvalue weighted by molar-refractivity contribution is 8.00. The molecule has 356 valence electrons. The van der Waals surface area contributed by atoms with Gasteiger partial charge in [0.15, 0.2) is 29.3 Å². The first-order chi connectivity index (χ1) is 33.0. The molecule has 1 amide bonds. The van der Waals surface area contributed by atoms with Crippen LogP contribution in [0.3, 0.4) is 0 Å². The highest BCUT2D eigenvalue weighted by Gasteiger charge is 2.38. The molecule has 17 heteroatoms. The number of halogens is 4. The van der Waals surface area contributed by atoms with E-state index in [-0.39, 0.29) is 24.0 Å². The highest BCUT2D eigenvalue weighted by Crippen LogP contribution is 2.39. The standard InChI is InChI=1S/C51H50Cl2F2N4O8S/c52-40-26-56-27-41(53)39(40)25-43(35-14-15-42(66-50(54)55)44(24-35)63-30-31-12-13-31)65-49(61)47-59(20-21-68-47)28-32-6-4-10-37(22-32)48(60)64-38-11-5-9-36(23-38)46(34-7-2-1-3-8-34)57-51(62)67-45-29-58-18-16-33(45)17-19-58/h1-11,14-15,22-24,26-27,31,33,43,45-47,50H,12-13,16-21,25,28-30H2,(H,57,62)/p+1/t43-,45-,46-,47-/m0/s1. The largest absolute Gasteiger partial charge is 0.489 e. The Morgan fingerprint density at radius 3 is 2.32 bits per heavy atom. The lowest BCUT2D eigenvalue weighted by molar-refractivity contribution is -0.377. The van der Waals surface area contributed by atoms with E-state index in [4.69, 9.17) is 46.9 Å². The molecule has 4 aliphatic heterocycles. The average molecular weight is 989 g/mol. The summed E-state index contributed by atoms with van der Waals surface area (Å²) in [7, 11) is 0. The van der Waals surface area contributed by atoms with Crippen LogP contribution in [0.25, 0.3) is 0 Å². The van der Waals surface area contributed by atoms with Gasteiger partial charge in [0.1, 0.15) is 28.0 Å². The van der Waals surface area contributed by atoms with Crippen LogP contribution in [0, 0.1) is 11.8 Å².